The first-order chi connectivity index (χ1) is 12.7. The fourth-order valence-electron chi connectivity index (χ4n) is 2.66. The Kier molecular flexibility index (Phi) is 5.93. The van der Waals surface area contributed by atoms with E-state index >= 15 is 0 Å². The number of hydrogen-bond donors (Lipinski definition) is 0. The molecule has 0 N–H and O–H groups in total. The van der Waals surface area contributed by atoms with Gasteiger partial charge in [-0.1, -0.05) is 36.4 Å². The van der Waals surface area contributed by atoms with E-state index in [1.54, 1.807) is 24.7 Å². The minimum absolute atomic E-state index is 0.0600. The molecule has 2 heterocycles. The van der Waals surface area contributed by atoms with E-state index in [1.165, 1.54) is 10.6 Å². The number of esters is 1. The fourth-order valence-corrected chi connectivity index (χ4v) is 2.66. The van der Waals surface area contributed by atoms with E-state index in [-0.39, 0.29) is 17.7 Å². The smallest absolute Gasteiger partial charge is 0.343 e. The molecule has 3 rings (SSSR count). The Bertz CT molecular complexity index is 905. The van der Waals surface area contributed by atoms with Crippen molar-refractivity contribution in [2.24, 2.45) is 0 Å². The molecule has 5 nitrogen and oxygen atoms in total. The summed E-state index contributed by atoms with van der Waals surface area (Å²) >= 11 is 0. The maximum Gasteiger partial charge on any atom is 0.343 e. The average Bonchev–Trinajstić information content (AvgIpc) is 2.68. The molecule has 132 valence electrons. The summed E-state index contributed by atoms with van der Waals surface area (Å²) in [5, 5.41) is 0. The van der Waals surface area contributed by atoms with Gasteiger partial charge in [-0.2, -0.15) is 0 Å². The number of carbonyl (C=O) groups is 1. The molecule has 0 aliphatic rings. The van der Waals surface area contributed by atoms with Gasteiger partial charge in [0.1, 0.15) is 5.56 Å². The summed E-state index contributed by atoms with van der Waals surface area (Å²) < 4.78 is 6.78. The molecule has 0 fully saturated rings. The van der Waals surface area contributed by atoms with E-state index in [4.69, 9.17) is 4.74 Å². The van der Waals surface area contributed by atoms with Gasteiger partial charge in [0.25, 0.3) is 5.56 Å². The molecule has 3 aromatic rings. The largest absolute Gasteiger partial charge is 0.462 e. The molecule has 0 bridgehead atoms. The quantitative estimate of drug-likeness (QED) is 0.486. The molecule has 5 heteroatoms. The van der Waals surface area contributed by atoms with Gasteiger partial charge in [0, 0.05) is 18.6 Å². The Morgan fingerprint density at radius 3 is 2.58 bits per heavy atom. The molecular formula is C21H20N2O3. The lowest BCUT2D eigenvalue weighted by Crippen LogP contribution is -2.27. The highest BCUT2D eigenvalue weighted by molar-refractivity contribution is 5.88. The molecule has 0 spiro atoms. The van der Waals surface area contributed by atoms with E-state index in [0.29, 0.717) is 13.0 Å². The first kappa shape index (κ1) is 17.6. The Hall–Kier alpha value is -3.21. The highest BCUT2D eigenvalue weighted by Crippen LogP contribution is 2.04. The van der Waals surface area contributed by atoms with Crippen molar-refractivity contribution in [2.75, 3.05) is 6.61 Å². The molecule has 26 heavy (non-hydrogen) atoms. The zero-order valence-corrected chi connectivity index (χ0v) is 14.4. The number of aromatic nitrogens is 2. The fraction of sp³-hybridized carbons (Fsp3) is 0.190. The molecular weight excluding hydrogens is 328 g/mol. The Morgan fingerprint density at radius 2 is 1.81 bits per heavy atom. The number of aryl methyl sites for hydroxylation is 1. The second kappa shape index (κ2) is 8.76. The molecule has 0 radical (unpaired) electrons. The first-order valence-corrected chi connectivity index (χ1v) is 8.53. The van der Waals surface area contributed by atoms with Gasteiger partial charge in [-0.05, 0) is 42.2 Å². The van der Waals surface area contributed by atoms with Gasteiger partial charge in [-0.15, -0.1) is 0 Å². The van der Waals surface area contributed by atoms with Crippen LogP contribution in [-0.4, -0.2) is 22.1 Å². The number of rotatable bonds is 7. The monoisotopic (exact) mass is 348 g/mol. The summed E-state index contributed by atoms with van der Waals surface area (Å²) in [7, 11) is 0. The number of pyridine rings is 2. The molecule has 0 aliphatic heterocycles. The van der Waals surface area contributed by atoms with Crippen molar-refractivity contribution in [2.45, 2.75) is 19.4 Å². The van der Waals surface area contributed by atoms with Crippen molar-refractivity contribution in [3.05, 3.63) is 100 Å². The summed E-state index contributed by atoms with van der Waals surface area (Å²) in [6, 6.07) is 16.7. The standard InChI is InChI=1S/C21H20N2O3/c24-20-19(11-5-13-23(20)16-18-7-2-1-3-8-18)21(25)26-14-6-10-17-9-4-12-22-15-17/h1-5,7-9,11-13,15H,6,10,14,16H2. The van der Waals surface area contributed by atoms with Crippen LogP contribution in [0.5, 0.6) is 0 Å². The first-order valence-electron chi connectivity index (χ1n) is 8.53. The molecule has 0 saturated heterocycles. The van der Waals surface area contributed by atoms with Crippen molar-refractivity contribution in [1.82, 2.24) is 9.55 Å². The second-order valence-corrected chi connectivity index (χ2v) is 5.94. The van der Waals surface area contributed by atoms with Crippen LogP contribution in [0, 0.1) is 0 Å². The van der Waals surface area contributed by atoms with Crippen LogP contribution in [0.2, 0.25) is 0 Å². The molecule has 0 amide bonds. The molecule has 1 aromatic carbocycles. The highest BCUT2D eigenvalue weighted by atomic mass is 16.5. The zero-order chi connectivity index (χ0) is 18.2. The molecule has 0 unspecified atom stereocenters. The maximum atomic E-state index is 12.5. The van der Waals surface area contributed by atoms with Gasteiger partial charge in [0.05, 0.1) is 13.2 Å². The molecule has 0 saturated carbocycles. The Balaban J connectivity index is 1.59. The van der Waals surface area contributed by atoms with E-state index in [2.05, 4.69) is 4.98 Å². The lowest BCUT2D eigenvalue weighted by Gasteiger charge is -2.08. The lowest BCUT2D eigenvalue weighted by molar-refractivity contribution is 0.0498. The second-order valence-electron chi connectivity index (χ2n) is 5.94. The van der Waals surface area contributed by atoms with Crippen LogP contribution in [0.4, 0.5) is 0 Å². The molecule has 2 aromatic heterocycles. The maximum absolute atomic E-state index is 12.5. The predicted octanol–water partition coefficient (Wildman–Crippen LogP) is 3.08. The van der Waals surface area contributed by atoms with Crippen LogP contribution in [0.3, 0.4) is 0 Å². The zero-order valence-electron chi connectivity index (χ0n) is 14.4. The number of hydrogen-bond acceptors (Lipinski definition) is 4. The van der Waals surface area contributed by atoms with Crippen LogP contribution >= 0.6 is 0 Å². The van der Waals surface area contributed by atoms with Crippen LogP contribution in [-0.2, 0) is 17.7 Å². The topological polar surface area (TPSA) is 61.2 Å². The third-order valence-corrected chi connectivity index (χ3v) is 4.00. The van der Waals surface area contributed by atoms with Crippen molar-refractivity contribution in [3.63, 3.8) is 0 Å². The van der Waals surface area contributed by atoms with Crippen LogP contribution in [0.25, 0.3) is 0 Å². The highest BCUT2D eigenvalue weighted by Gasteiger charge is 2.13. The van der Waals surface area contributed by atoms with E-state index in [9.17, 15) is 9.59 Å². The van der Waals surface area contributed by atoms with Crippen molar-refractivity contribution < 1.29 is 9.53 Å². The summed E-state index contributed by atoms with van der Waals surface area (Å²) in [4.78, 5) is 28.8. The summed E-state index contributed by atoms with van der Waals surface area (Å²) in [5.41, 5.74) is 1.81. The Morgan fingerprint density at radius 1 is 1.00 bits per heavy atom. The predicted molar refractivity (Wildman–Crippen MR) is 99.1 cm³/mol. The SMILES string of the molecule is O=C(OCCCc1cccnc1)c1cccn(Cc2ccccc2)c1=O. The minimum atomic E-state index is -0.580. The van der Waals surface area contributed by atoms with E-state index in [1.807, 2.05) is 42.5 Å². The van der Waals surface area contributed by atoms with Gasteiger partial charge in [0.15, 0.2) is 0 Å². The van der Waals surface area contributed by atoms with Gasteiger partial charge in [0.2, 0.25) is 0 Å². The molecule has 0 aliphatic carbocycles. The minimum Gasteiger partial charge on any atom is -0.462 e. The van der Waals surface area contributed by atoms with Crippen LogP contribution < -0.4 is 5.56 Å². The van der Waals surface area contributed by atoms with Gasteiger partial charge < -0.3 is 9.30 Å². The lowest BCUT2D eigenvalue weighted by atomic mass is 10.2. The van der Waals surface area contributed by atoms with E-state index in [0.717, 1.165) is 17.5 Å². The van der Waals surface area contributed by atoms with Gasteiger partial charge in [-0.25, -0.2) is 4.79 Å². The molecule has 0 atom stereocenters. The number of benzene rings is 1. The number of carbonyl (C=O) groups excluding carboxylic acids is 1. The average molecular weight is 348 g/mol. The third-order valence-electron chi connectivity index (χ3n) is 4.00. The summed E-state index contributed by atoms with van der Waals surface area (Å²) in [6.45, 7) is 0.683. The van der Waals surface area contributed by atoms with Gasteiger partial charge >= 0.3 is 5.97 Å². The number of ether oxygens (including phenoxy) is 1. The summed E-state index contributed by atoms with van der Waals surface area (Å²) in [5.74, 6) is -0.580. The van der Waals surface area contributed by atoms with Crippen LogP contribution in [0.15, 0.2) is 78.0 Å². The van der Waals surface area contributed by atoms with Crippen molar-refractivity contribution in [1.29, 1.82) is 0 Å². The van der Waals surface area contributed by atoms with E-state index < -0.39 is 5.97 Å². The third kappa shape index (κ3) is 4.66. The van der Waals surface area contributed by atoms with Crippen LogP contribution in [0.1, 0.15) is 27.9 Å². The van der Waals surface area contributed by atoms with Gasteiger partial charge in [-0.3, -0.25) is 9.78 Å². The Labute approximate surface area is 151 Å². The normalized spacial score (nSPS) is 10.5. The van der Waals surface area contributed by atoms with Crippen molar-refractivity contribution >= 4 is 5.97 Å². The van der Waals surface area contributed by atoms with Crippen molar-refractivity contribution in [3.8, 4) is 0 Å². The summed E-state index contributed by atoms with van der Waals surface area (Å²) in [6.07, 6.45) is 6.64. The number of nitrogens with zero attached hydrogens (tertiary/aromatic N) is 2.